The molecule has 0 amide bonds. The van der Waals surface area contributed by atoms with Gasteiger partial charge in [-0.25, -0.2) is 4.79 Å². The van der Waals surface area contributed by atoms with E-state index in [2.05, 4.69) is 121 Å². The number of hydrogen-bond donors (Lipinski definition) is 0. The predicted molar refractivity (Wildman–Crippen MR) is 244 cm³/mol. The molecule has 2 saturated heterocycles. The second-order valence-corrected chi connectivity index (χ2v) is 17.4. The summed E-state index contributed by atoms with van der Waals surface area (Å²) in [6.45, 7) is 8.33. The zero-order valence-electron chi connectivity index (χ0n) is 33.1. The third kappa shape index (κ3) is 8.32. The van der Waals surface area contributed by atoms with Crippen LogP contribution < -0.4 is 9.80 Å². The van der Waals surface area contributed by atoms with Crippen molar-refractivity contribution in [3.8, 4) is 0 Å². The van der Waals surface area contributed by atoms with E-state index in [1.165, 1.54) is 62.7 Å². The van der Waals surface area contributed by atoms with Gasteiger partial charge in [-0.05, 0) is 109 Å². The van der Waals surface area contributed by atoms with Gasteiger partial charge in [0.2, 0.25) is 0 Å². The third-order valence-electron chi connectivity index (χ3n) is 11.9. The SMILES string of the molecule is Cc1ccc(C(=CC2(C=C(c3ccc(C)cc3)c3ccc(N4CCCCCC4)cc3)OC(=O)c3c(Cl)c(Cl)c(Cl)c(Cl)c32)c2ccc(N3CCCCCC3)cc2)cc1. The van der Waals surface area contributed by atoms with Gasteiger partial charge < -0.3 is 14.5 Å². The molecule has 0 unspecified atom stereocenters. The van der Waals surface area contributed by atoms with Crippen LogP contribution in [0.25, 0.3) is 11.1 Å². The van der Waals surface area contributed by atoms with Gasteiger partial charge in [-0.15, -0.1) is 0 Å². The zero-order chi connectivity index (χ0) is 40.4. The minimum atomic E-state index is -1.56. The first-order valence-corrected chi connectivity index (χ1v) is 22.0. The highest BCUT2D eigenvalue weighted by Crippen LogP contribution is 2.53. The Hall–Kier alpha value is -4.19. The highest BCUT2D eigenvalue weighted by atomic mass is 35.5. The molecule has 3 aliphatic rings. The van der Waals surface area contributed by atoms with Gasteiger partial charge in [0.05, 0.1) is 25.7 Å². The average Bonchev–Trinajstić information content (AvgIpc) is 3.53. The van der Waals surface area contributed by atoms with Gasteiger partial charge in [-0.1, -0.05) is 156 Å². The van der Waals surface area contributed by atoms with E-state index < -0.39 is 11.6 Å². The molecule has 5 aromatic carbocycles. The van der Waals surface area contributed by atoms with E-state index >= 15 is 0 Å². The zero-order valence-corrected chi connectivity index (χ0v) is 36.1. The lowest BCUT2D eigenvalue weighted by Crippen LogP contribution is -2.24. The van der Waals surface area contributed by atoms with Crippen molar-refractivity contribution in [2.24, 2.45) is 0 Å². The second-order valence-electron chi connectivity index (χ2n) is 15.9. The molecule has 298 valence electrons. The third-order valence-corrected chi connectivity index (χ3v) is 13.7. The van der Waals surface area contributed by atoms with Gasteiger partial charge in [0.1, 0.15) is 0 Å². The fraction of sp³-hybridized carbons (Fsp3) is 0.300. The van der Waals surface area contributed by atoms with Gasteiger partial charge in [0.15, 0.2) is 5.60 Å². The molecule has 4 nitrogen and oxygen atoms in total. The number of cyclic esters (lactones) is 1. The number of carbonyl (C=O) groups excluding carboxylic acids is 1. The number of benzene rings is 5. The van der Waals surface area contributed by atoms with Gasteiger partial charge >= 0.3 is 5.97 Å². The largest absolute Gasteiger partial charge is 0.442 e. The molecule has 3 aliphatic heterocycles. The Morgan fingerprint density at radius 1 is 0.500 bits per heavy atom. The Bertz CT molecular complexity index is 2210. The lowest BCUT2D eigenvalue weighted by Gasteiger charge is -2.28. The first-order chi connectivity index (χ1) is 28.1. The van der Waals surface area contributed by atoms with Gasteiger partial charge in [0, 0.05) is 43.1 Å². The van der Waals surface area contributed by atoms with Crippen molar-refractivity contribution in [3.05, 3.63) is 174 Å². The predicted octanol–water partition coefficient (Wildman–Crippen LogP) is 14.3. The second kappa shape index (κ2) is 17.6. The number of hydrogen-bond acceptors (Lipinski definition) is 4. The number of fused-ring (bicyclic) bond motifs is 1. The number of halogens is 4. The summed E-state index contributed by atoms with van der Waals surface area (Å²) in [6, 6.07) is 34.2. The molecular weight excluding hydrogens is 802 g/mol. The fourth-order valence-electron chi connectivity index (χ4n) is 8.61. The molecule has 0 saturated carbocycles. The molecule has 0 atom stereocenters. The Morgan fingerprint density at radius 2 is 0.845 bits per heavy atom. The van der Waals surface area contributed by atoms with E-state index in [1.807, 2.05) is 12.2 Å². The molecule has 0 aromatic heterocycles. The Morgan fingerprint density at radius 3 is 1.22 bits per heavy atom. The van der Waals surface area contributed by atoms with E-state index in [0.29, 0.717) is 5.56 Å². The highest BCUT2D eigenvalue weighted by Gasteiger charge is 2.48. The quantitative estimate of drug-likeness (QED) is 0.0885. The molecule has 8 heteroatoms. The van der Waals surface area contributed by atoms with Crippen molar-refractivity contribution in [1.82, 2.24) is 0 Å². The van der Waals surface area contributed by atoms with Crippen molar-refractivity contribution >= 4 is 74.9 Å². The summed E-state index contributed by atoms with van der Waals surface area (Å²) in [5.41, 5.74) is 9.10. The van der Waals surface area contributed by atoms with Crippen molar-refractivity contribution < 1.29 is 9.53 Å². The average molecular weight is 851 g/mol. The lowest BCUT2D eigenvalue weighted by molar-refractivity contribution is 0.0300. The topological polar surface area (TPSA) is 32.8 Å². The number of rotatable bonds is 8. The molecule has 0 radical (unpaired) electrons. The molecule has 5 aromatic rings. The number of anilines is 2. The van der Waals surface area contributed by atoms with Crippen LogP contribution in [-0.4, -0.2) is 32.1 Å². The summed E-state index contributed by atoms with van der Waals surface area (Å²) >= 11 is 27.6. The Labute approximate surface area is 363 Å². The maximum atomic E-state index is 14.3. The van der Waals surface area contributed by atoms with Gasteiger partial charge in [-0.3, -0.25) is 0 Å². The number of nitrogens with zero attached hydrogens (tertiary/aromatic N) is 2. The minimum absolute atomic E-state index is 0.0112. The molecule has 0 N–H and O–H groups in total. The molecule has 58 heavy (non-hydrogen) atoms. The molecule has 0 bridgehead atoms. The number of esters is 1. The fourth-order valence-corrected chi connectivity index (χ4v) is 9.69. The maximum absolute atomic E-state index is 14.3. The van der Waals surface area contributed by atoms with E-state index in [4.69, 9.17) is 51.1 Å². The summed E-state index contributed by atoms with van der Waals surface area (Å²) in [5, 5.41) is 0.202. The van der Waals surface area contributed by atoms with Gasteiger partial charge in [-0.2, -0.15) is 0 Å². The molecule has 8 rings (SSSR count). The molecule has 0 aliphatic carbocycles. The van der Waals surface area contributed by atoms with Crippen LogP contribution >= 0.6 is 46.4 Å². The molecule has 2 fully saturated rings. The van der Waals surface area contributed by atoms with Crippen molar-refractivity contribution in [1.29, 1.82) is 0 Å². The smallest absolute Gasteiger partial charge is 0.341 e. The maximum Gasteiger partial charge on any atom is 0.341 e. The van der Waals surface area contributed by atoms with Crippen LogP contribution in [0.2, 0.25) is 20.1 Å². The van der Waals surface area contributed by atoms with E-state index in [0.717, 1.165) is 70.7 Å². The van der Waals surface area contributed by atoms with Crippen molar-refractivity contribution in [2.45, 2.75) is 70.8 Å². The van der Waals surface area contributed by atoms with Crippen LogP contribution in [0.15, 0.2) is 109 Å². The van der Waals surface area contributed by atoms with Crippen molar-refractivity contribution in [3.63, 3.8) is 0 Å². The van der Waals surface area contributed by atoms with Crippen LogP contribution in [0.1, 0.15) is 101 Å². The summed E-state index contributed by atoms with van der Waals surface area (Å²) in [6.07, 6.45) is 13.8. The molecular formula is C50H48Cl4N2O2. The van der Waals surface area contributed by atoms with E-state index in [-0.39, 0.29) is 25.7 Å². The Kier molecular flexibility index (Phi) is 12.3. The number of aryl methyl sites for hydroxylation is 2. The van der Waals surface area contributed by atoms with Crippen LogP contribution in [0.3, 0.4) is 0 Å². The lowest BCUT2D eigenvalue weighted by atomic mass is 9.82. The van der Waals surface area contributed by atoms with Gasteiger partial charge in [0.25, 0.3) is 0 Å². The molecule has 0 spiro atoms. The van der Waals surface area contributed by atoms with E-state index in [9.17, 15) is 4.79 Å². The van der Waals surface area contributed by atoms with E-state index in [1.54, 1.807) is 0 Å². The van der Waals surface area contributed by atoms with Crippen LogP contribution in [0.5, 0.6) is 0 Å². The number of ether oxygens (including phenoxy) is 1. The normalized spacial score (nSPS) is 19.1. The highest BCUT2D eigenvalue weighted by molar-refractivity contribution is 6.53. The number of carbonyl (C=O) groups is 1. The van der Waals surface area contributed by atoms with Crippen LogP contribution in [0.4, 0.5) is 11.4 Å². The summed E-state index contributed by atoms with van der Waals surface area (Å²) in [5.74, 6) is -0.632. The summed E-state index contributed by atoms with van der Waals surface area (Å²) in [4.78, 5) is 19.2. The Balaban J connectivity index is 1.37. The molecule has 3 heterocycles. The first kappa shape index (κ1) is 40.6. The summed E-state index contributed by atoms with van der Waals surface area (Å²) < 4.78 is 6.66. The van der Waals surface area contributed by atoms with Crippen molar-refractivity contribution in [2.75, 3.05) is 36.0 Å². The first-order valence-electron chi connectivity index (χ1n) is 20.5. The summed E-state index contributed by atoms with van der Waals surface area (Å²) in [7, 11) is 0. The van der Waals surface area contributed by atoms with Crippen LogP contribution in [0, 0.1) is 13.8 Å². The monoisotopic (exact) mass is 848 g/mol. The standard InChI is InChI=1S/C50H48Cl4N2O2/c1-33-11-15-35(16-12-33)41(37-19-23-39(24-20-37)55-27-7-3-4-8-28-55)31-50(44-43(49(57)58-50)45(51)47(53)48(54)46(44)52)32-42(36-17-13-34(2)14-18-36)38-21-25-40(26-22-38)56-29-9-5-6-10-30-56/h11-26,31-32H,3-10,27-30H2,1-2H3. The minimum Gasteiger partial charge on any atom is -0.442 e. The van der Waals surface area contributed by atoms with Crippen LogP contribution in [-0.2, 0) is 10.3 Å².